The number of hydrogen-bond acceptors (Lipinski definition) is 3. The molecule has 1 aliphatic rings. The van der Waals surface area contributed by atoms with Crippen molar-refractivity contribution in [1.82, 2.24) is 0 Å². The van der Waals surface area contributed by atoms with E-state index in [4.69, 9.17) is 4.74 Å². The van der Waals surface area contributed by atoms with Crippen LogP contribution >= 0.6 is 0 Å². The Morgan fingerprint density at radius 3 is 2.89 bits per heavy atom. The quantitative estimate of drug-likeness (QED) is 0.855. The highest BCUT2D eigenvalue weighted by Crippen LogP contribution is 2.26. The minimum atomic E-state index is -0.00560. The summed E-state index contributed by atoms with van der Waals surface area (Å²) in [7, 11) is 1.58. The van der Waals surface area contributed by atoms with Crippen LogP contribution in [0.15, 0.2) is 42.5 Å². The Morgan fingerprint density at radius 1 is 1.21 bits per heavy atom. The van der Waals surface area contributed by atoms with E-state index in [0.717, 1.165) is 18.7 Å². The Bertz CT molecular complexity index is 634. The van der Waals surface area contributed by atoms with Crippen LogP contribution in [0.1, 0.15) is 21.5 Å². The molecule has 1 aliphatic heterocycles. The Morgan fingerprint density at radius 2 is 2.05 bits per heavy atom. The van der Waals surface area contributed by atoms with Crippen molar-refractivity contribution in [3.63, 3.8) is 0 Å². The molecule has 0 bridgehead atoms. The number of rotatable bonds is 3. The number of methoxy groups -OCH3 is 1. The molecular weight excluding hydrogens is 238 g/mol. The van der Waals surface area contributed by atoms with Crippen molar-refractivity contribution >= 4 is 11.5 Å². The van der Waals surface area contributed by atoms with E-state index in [9.17, 15) is 4.79 Å². The zero-order valence-corrected chi connectivity index (χ0v) is 10.8. The van der Waals surface area contributed by atoms with E-state index in [0.29, 0.717) is 16.9 Å². The van der Waals surface area contributed by atoms with Crippen LogP contribution in [0.25, 0.3) is 0 Å². The number of hydrogen-bond donors (Lipinski definition) is 1. The summed E-state index contributed by atoms with van der Waals surface area (Å²) in [5.74, 6) is 0.606. The van der Waals surface area contributed by atoms with Gasteiger partial charge in [0.05, 0.1) is 12.7 Å². The van der Waals surface area contributed by atoms with Crippen molar-refractivity contribution in [2.24, 2.45) is 0 Å². The smallest absolute Gasteiger partial charge is 0.196 e. The molecule has 96 valence electrons. The molecule has 0 spiro atoms. The second-order valence-electron chi connectivity index (χ2n) is 4.58. The Kier molecular flexibility index (Phi) is 2.95. The largest absolute Gasteiger partial charge is 0.496 e. The molecule has 1 heterocycles. The third-order valence-corrected chi connectivity index (χ3v) is 3.43. The van der Waals surface area contributed by atoms with Gasteiger partial charge < -0.3 is 10.1 Å². The molecule has 1 N–H and O–H groups in total. The van der Waals surface area contributed by atoms with E-state index in [-0.39, 0.29) is 5.78 Å². The maximum absolute atomic E-state index is 12.5. The fraction of sp³-hybridized carbons (Fsp3) is 0.188. The summed E-state index contributed by atoms with van der Waals surface area (Å²) >= 11 is 0. The average Bonchev–Trinajstić information content (AvgIpc) is 2.93. The van der Waals surface area contributed by atoms with E-state index in [1.807, 2.05) is 30.3 Å². The number of para-hydroxylation sites is 1. The molecule has 2 aromatic carbocycles. The van der Waals surface area contributed by atoms with Gasteiger partial charge in [-0.15, -0.1) is 0 Å². The molecule has 3 rings (SSSR count). The van der Waals surface area contributed by atoms with Gasteiger partial charge in [0.25, 0.3) is 0 Å². The predicted octanol–water partition coefficient (Wildman–Crippen LogP) is 2.89. The van der Waals surface area contributed by atoms with Gasteiger partial charge in [0.15, 0.2) is 5.78 Å². The molecule has 0 amide bonds. The van der Waals surface area contributed by atoms with Crippen LogP contribution in [-0.2, 0) is 6.42 Å². The Labute approximate surface area is 112 Å². The highest BCUT2D eigenvalue weighted by atomic mass is 16.5. The Balaban J connectivity index is 2.00. The molecule has 0 aromatic heterocycles. The molecule has 0 atom stereocenters. The molecular formula is C16H15NO2. The van der Waals surface area contributed by atoms with Crippen molar-refractivity contribution in [3.8, 4) is 5.75 Å². The van der Waals surface area contributed by atoms with Crippen molar-refractivity contribution in [2.45, 2.75) is 6.42 Å². The lowest BCUT2D eigenvalue weighted by Crippen LogP contribution is -2.04. The summed E-state index contributed by atoms with van der Waals surface area (Å²) in [6.45, 7) is 0.946. The van der Waals surface area contributed by atoms with E-state index in [1.165, 1.54) is 5.56 Å². The van der Waals surface area contributed by atoms with Gasteiger partial charge in [-0.25, -0.2) is 0 Å². The fourth-order valence-electron chi connectivity index (χ4n) is 2.42. The second kappa shape index (κ2) is 4.76. The number of benzene rings is 2. The lowest BCUT2D eigenvalue weighted by atomic mass is 10.0. The summed E-state index contributed by atoms with van der Waals surface area (Å²) in [6, 6.07) is 13.2. The first-order valence-corrected chi connectivity index (χ1v) is 6.34. The van der Waals surface area contributed by atoms with Gasteiger partial charge in [0.2, 0.25) is 0 Å². The van der Waals surface area contributed by atoms with Crippen LogP contribution in [0.3, 0.4) is 0 Å². The van der Waals surface area contributed by atoms with Crippen LogP contribution in [0, 0.1) is 0 Å². The maximum Gasteiger partial charge on any atom is 0.196 e. The van der Waals surface area contributed by atoms with Gasteiger partial charge >= 0.3 is 0 Å². The van der Waals surface area contributed by atoms with Gasteiger partial charge in [-0.2, -0.15) is 0 Å². The molecule has 2 aromatic rings. The third-order valence-electron chi connectivity index (χ3n) is 3.43. The van der Waals surface area contributed by atoms with Gasteiger partial charge in [-0.05, 0) is 30.2 Å². The molecule has 3 nitrogen and oxygen atoms in total. The van der Waals surface area contributed by atoms with Gasteiger partial charge in [0.1, 0.15) is 5.75 Å². The van der Waals surface area contributed by atoms with Crippen LogP contribution < -0.4 is 10.1 Å². The first-order chi connectivity index (χ1) is 9.29. The van der Waals surface area contributed by atoms with Crippen molar-refractivity contribution in [1.29, 1.82) is 0 Å². The molecule has 0 aliphatic carbocycles. The third kappa shape index (κ3) is 2.08. The van der Waals surface area contributed by atoms with Gasteiger partial charge in [-0.1, -0.05) is 24.3 Å². The Hall–Kier alpha value is -2.29. The predicted molar refractivity (Wildman–Crippen MR) is 75.1 cm³/mol. The lowest BCUT2D eigenvalue weighted by molar-refractivity contribution is 0.103. The summed E-state index contributed by atoms with van der Waals surface area (Å²) in [4.78, 5) is 12.5. The second-order valence-corrected chi connectivity index (χ2v) is 4.58. The number of ketones is 1. The molecule has 0 radical (unpaired) electrons. The first kappa shape index (κ1) is 11.8. The minimum Gasteiger partial charge on any atom is -0.496 e. The zero-order chi connectivity index (χ0) is 13.2. The highest BCUT2D eigenvalue weighted by Gasteiger charge is 2.17. The highest BCUT2D eigenvalue weighted by molar-refractivity contribution is 6.11. The monoisotopic (exact) mass is 253 g/mol. The summed E-state index contributed by atoms with van der Waals surface area (Å²) in [5, 5.41) is 3.29. The SMILES string of the molecule is COc1ccccc1C(=O)c1ccc2c(c1)NCC2. The average molecular weight is 253 g/mol. The number of nitrogens with one attached hydrogen (secondary N) is 1. The van der Waals surface area contributed by atoms with Crippen LogP contribution in [0.4, 0.5) is 5.69 Å². The number of carbonyl (C=O) groups excluding carboxylic acids is 1. The number of carbonyl (C=O) groups is 1. The van der Waals surface area contributed by atoms with E-state index in [1.54, 1.807) is 19.2 Å². The first-order valence-electron chi connectivity index (χ1n) is 6.34. The van der Waals surface area contributed by atoms with E-state index < -0.39 is 0 Å². The summed E-state index contributed by atoms with van der Waals surface area (Å²) < 4.78 is 5.24. The van der Waals surface area contributed by atoms with Crippen LogP contribution in [0.5, 0.6) is 5.75 Å². The maximum atomic E-state index is 12.5. The number of anilines is 1. The van der Waals surface area contributed by atoms with E-state index >= 15 is 0 Å². The molecule has 0 saturated heterocycles. The molecule has 3 heteroatoms. The summed E-state index contributed by atoms with van der Waals surface area (Å²) in [5.41, 5.74) is 3.64. The molecule has 0 saturated carbocycles. The van der Waals surface area contributed by atoms with E-state index in [2.05, 4.69) is 5.32 Å². The minimum absolute atomic E-state index is 0.00560. The summed E-state index contributed by atoms with van der Waals surface area (Å²) in [6.07, 6.45) is 1.03. The zero-order valence-electron chi connectivity index (χ0n) is 10.8. The fourth-order valence-corrected chi connectivity index (χ4v) is 2.42. The number of ether oxygens (including phenoxy) is 1. The van der Waals surface area contributed by atoms with Crippen LogP contribution in [-0.4, -0.2) is 19.4 Å². The van der Waals surface area contributed by atoms with Gasteiger partial charge in [-0.3, -0.25) is 4.79 Å². The van der Waals surface area contributed by atoms with Crippen LogP contribution in [0.2, 0.25) is 0 Å². The standard InChI is InChI=1S/C16H15NO2/c1-19-15-5-3-2-4-13(15)16(18)12-7-6-11-8-9-17-14(11)10-12/h2-7,10,17H,8-9H2,1H3. The van der Waals surface area contributed by atoms with Crippen molar-refractivity contribution < 1.29 is 9.53 Å². The molecule has 0 fully saturated rings. The van der Waals surface area contributed by atoms with Gasteiger partial charge in [0, 0.05) is 17.8 Å². The van der Waals surface area contributed by atoms with Crippen molar-refractivity contribution in [3.05, 3.63) is 59.2 Å². The molecule has 19 heavy (non-hydrogen) atoms. The lowest BCUT2D eigenvalue weighted by Gasteiger charge is -2.08. The number of fused-ring (bicyclic) bond motifs is 1. The topological polar surface area (TPSA) is 38.3 Å². The normalized spacial score (nSPS) is 12.7. The molecule has 0 unspecified atom stereocenters. The van der Waals surface area contributed by atoms with Crippen molar-refractivity contribution in [2.75, 3.05) is 19.0 Å².